The van der Waals surface area contributed by atoms with Crippen LogP contribution >= 0.6 is 0 Å². The van der Waals surface area contributed by atoms with Crippen LogP contribution in [0.2, 0.25) is 0 Å². The lowest BCUT2D eigenvalue weighted by atomic mass is 9.77. The van der Waals surface area contributed by atoms with Gasteiger partial charge in [-0.3, -0.25) is 0 Å². The first-order valence-electron chi connectivity index (χ1n) is 10.0. The number of allylic oxidation sites excluding steroid dienone is 2. The van der Waals surface area contributed by atoms with Gasteiger partial charge in [-0.15, -0.1) is 0 Å². The van der Waals surface area contributed by atoms with Gasteiger partial charge in [-0.1, -0.05) is 43.7 Å². The molecule has 0 radical (unpaired) electrons. The van der Waals surface area contributed by atoms with E-state index in [1.165, 1.54) is 37.7 Å². The van der Waals surface area contributed by atoms with Crippen molar-refractivity contribution in [1.29, 1.82) is 0 Å². The zero-order valence-corrected chi connectivity index (χ0v) is 15.7. The minimum absolute atomic E-state index is 0.280. The topological polar surface area (TPSA) is 0 Å². The van der Waals surface area contributed by atoms with Crippen LogP contribution in [0.15, 0.2) is 36.4 Å². The average Bonchev–Trinajstić information content (AvgIpc) is 2.72. The second-order valence-corrected chi connectivity index (χ2v) is 7.98. The highest BCUT2D eigenvalue weighted by molar-refractivity contribution is 5.70. The summed E-state index contributed by atoms with van der Waals surface area (Å²) in [5.74, 6) is -1.98. The normalized spacial score (nSPS) is 22.3. The number of fused-ring (bicyclic) bond motifs is 1. The van der Waals surface area contributed by atoms with Gasteiger partial charge in [0.05, 0.1) is 0 Å². The Labute approximate surface area is 159 Å². The van der Waals surface area contributed by atoms with E-state index in [9.17, 15) is 13.2 Å². The van der Waals surface area contributed by atoms with Gasteiger partial charge in [0.2, 0.25) is 0 Å². The van der Waals surface area contributed by atoms with Gasteiger partial charge in [-0.05, 0) is 84.3 Å². The Morgan fingerprint density at radius 2 is 1.63 bits per heavy atom. The monoisotopic (exact) mass is 370 g/mol. The molecule has 4 rings (SSSR count). The van der Waals surface area contributed by atoms with Crippen LogP contribution in [0.4, 0.5) is 13.2 Å². The van der Waals surface area contributed by atoms with Crippen LogP contribution in [-0.2, 0) is 12.8 Å². The molecular formula is C24H25F3. The van der Waals surface area contributed by atoms with Gasteiger partial charge in [-0.25, -0.2) is 13.2 Å². The second-order valence-electron chi connectivity index (χ2n) is 7.98. The van der Waals surface area contributed by atoms with Crippen LogP contribution in [0.25, 0.3) is 5.57 Å². The van der Waals surface area contributed by atoms with Gasteiger partial charge in [0.1, 0.15) is 0 Å². The van der Waals surface area contributed by atoms with Gasteiger partial charge >= 0.3 is 0 Å². The molecule has 3 heteroatoms. The van der Waals surface area contributed by atoms with Gasteiger partial charge in [0, 0.05) is 0 Å². The first kappa shape index (κ1) is 18.3. The molecule has 2 aliphatic rings. The lowest BCUT2D eigenvalue weighted by Crippen LogP contribution is -2.12. The molecule has 0 saturated heterocycles. The van der Waals surface area contributed by atoms with Crippen LogP contribution in [0.5, 0.6) is 0 Å². The summed E-state index contributed by atoms with van der Waals surface area (Å²) in [5.41, 5.74) is 4.35. The third kappa shape index (κ3) is 3.56. The van der Waals surface area contributed by atoms with E-state index in [0.717, 1.165) is 23.1 Å². The Morgan fingerprint density at radius 3 is 2.30 bits per heavy atom. The van der Waals surface area contributed by atoms with Crippen molar-refractivity contribution in [3.8, 4) is 0 Å². The number of hydrogen-bond acceptors (Lipinski definition) is 0. The average molecular weight is 370 g/mol. The Bertz CT molecular complexity index is 856. The van der Waals surface area contributed by atoms with Crippen molar-refractivity contribution in [3.05, 3.63) is 76.1 Å². The Kier molecular flexibility index (Phi) is 5.12. The largest absolute Gasteiger partial charge is 0.204 e. The molecule has 1 saturated carbocycles. The van der Waals surface area contributed by atoms with E-state index in [2.05, 4.69) is 31.2 Å². The molecular weight excluding hydrogens is 345 g/mol. The molecule has 2 aliphatic carbocycles. The van der Waals surface area contributed by atoms with Gasteiger partial charge in [-0.2, -0.15) is 0 Å². The first-order chi connectivity index (χ1) is 13.1. The fraction of sp³-hybridized carbons (Fsp3) is 0.417. The predicted octanol–water partition coefficient (Wildman–Crippen LogP) is 6.97. The molecule has 1 fully saturated rings. The van der Waals surface area contributed by atoms with Crippen LogP contribution < -0.4 is 0 Å². The Morgan fingerprint density at radius 1 is 0.926 bits per heavy atom. The second kappa shape index (κ2) is 7.53. The number of benzene rings is 2. The molecule has 0 amide bonds. The number of hydrogen-bond donors (Lipinski definition) is 0. The number of halogens is 3. The predicted molar refractivity (Wildman–Crippen MR) is 103 cm³/mol. The molecule has 27 heavy (non-hydrogen) atoms. The summed E-state index contributed by atoms with van der Waals surface area (Å²) in [6, 6.07) is 9.78. The molecule has 0 aromatic heterocycles. The van der Waals surface area contributed by atoms with E-state index in [0.29, 0.717) is 24.3 Å². The summed E-state index contributed by atoms with van der Waals surface area (Å²) in [7, 11) is 0. The minimum Gasteiger partial charge on any atom is -0.204 e. The maximum atomic E-state index is 13.9. The van der Waals surface area contributed by atoms with Gasteiger partial charge < -0.3 is 0 Å². The fourth-order valence-electron chi connectivity index (χ4n) is 4.66. The molecule has 2 aromatic rings. The molecule has 0 heterocycles. The van der Waals surface area contributed by atoms with Crippen molar-refractivity contribution in [2.45, 2.75) is 57.8 Å². The Hall–Kier alpha value is -2.03. The fourth-order valence-corrected chi connectivity index (χ4v) is 4.66. The van der Waals surface area contributed by atoms with Crippen molar-refractivity contribution < 1.29 is 13.2 Å². The van der Waals surface area contributed by atoms with Crippen molar-refractivity contribution in [2.75, 3.05) is 0 Å². The summed E-state index contributed by atoms with van der Waals surface area (Å²) in [6.45, 7) is 2.28. The maximum Gasteiger partial charge on any atom is 0.194 e. The molecule has 0 nitrogen and oxygen atoms in total. The van der Waals surface area contributed by atoms with E-state index in [4.69, 9.17) is 0 Å². The summed E-state index contributed by atoms with van der Waals surface area (Å²) < 4.78 is 41.0. The van der Waals surface area contributed by atoms with Crippen LogP contribution in [0, 0.1) is 23.4 Å². The lowest BCUT2D eigenvalue weighted by molar-refractivity contribution is 0.319. The first-order valence-corrected chi connectivity index (χ1v) is 10.0. The van der Waals surface area contributed by atoms with Crippen LogP contribution in [0.1, 0.15) is 67.2 Å². The van der Waals surface area contributed by atoms with E-state index in [1.54, 1.807) is 0 Å². The molecule has 2 aromatic carbocycles. The highest BCUT2D eigenvalue weighted by Crippen LogP contribution is 2.38. The van der Waals surface area contributed by atoms with E-state index < -0.39 is 17.5 Å². The minimum atomic E-state index is -1.37. The molecule has 0 atom stereocenters. The SMILES string of the molecule is CCC1CCC(c2ccc(C3=CCc4c(cc(F)c(F)c4F)C3)cc2)CC1. The van der Waals surface area contributed by atoms with Crippen molar-refractivity contribution in [2.24, 2.45) is 5.92 Å². The van der Waals surface area contributed by atoms with Gasteiger partial charge in [0.25, 0.3) is 0 Å². The summed E-state index contributed by atoms with van der Waals surface area (Å²) in [5, 5.41) is 0. The molecule has 0 N–H and O–H groups in total. The zero-order valence-electron chi connectivity index (χ0n) is 15.7. The smallest absolute Gasteiger partial charge is 0.194 e. The van der Waals surface area contributed by atoms with Crippen molar-refractivity contribution in [1.82, 2.24) is 0 Å². The maximum absolute atomic E-state index is 13.9. The van der Waals surface area contributed by atoms with Crippen molar-refractivity contribution >= 4 is 5.57 Å². The molecule has 0 bridgehead atoms. The highest BCUT2D eigenvalue weighted by Gasteiger charge is 2.23. The lowest BCUT2D eigenvalue weighted by Gasteiger charge is -2.28. The Balaban J connectivity index is 1.50. The summed E-state index contributed by atoms with van der Waals surface area (Å²) >= 11 is 0. The third-order valence-corrected chi connectivity index (χ3v) is 6.47. The summed E-state index contributed by atoms with van der Waals surface area (Å²) in [6.07, 6.45) is 9.12. The molecule has 0 aliphatic heterocycles. The standard InChI is InChI=1S/C24H25F3/c1-2-15-3-5-16(6-4-15)17-7-9-18(10-8-17)19-11-12-21-20(13-19)14-22(25)24(27)23(21)26/h7-11,14-16H,2-6,12-13H2,1H3. The van der Waals surface area contributed by atoms with Crippen LogP contribution in [-0.4, -0.2) is 0 Å². The van der Waals surface area contributed by atoms with Gasteiger partial charge in [0.15, 0.2) is 17.5 Å². The zero-order chi connectivity index (χ0) is 19.0. The molecule has 0 unspecified atom stereocenters. The number of rotatable bonds is 3. The highest BCUT2D eigenvalue weighted by atomic mass is 19.2. The van der Waals surface area contributed by atoms with E-state index in [-0.39, 0.29) is 5.56 Å². The van der Waals surface area contributed by atoms with E-state index in [1.807, 2.05) is 6.08 Å². The van der Waals surface area contributed by atoms with E-state index >= 15 is 0 Å². The quantitative estimate of drug-likeness (QED) is 0.512. The molecule has 0 spiro atoms. The van der Waals surface area contributed by atoms with Crippen molar-refractivity contribution in [3.63, 3.8) is 0 Å². The third-order valence-electron chi connectivity index (χ3n) is 6.47. The van der Waals surface area contributed by atoms with Crippen LogP contribution in [0.3, 0.4) is 0 Å². The molecule has 142 valence electrons. The summed E-state index contributed by atoms with van der Waals surface area (Å²) in [4.78, 5) is 0.